The third-order valence-electron chi connectivity index (χ3n) is 6.35. The van der Waals surface area contributed by atoms with E-state index < -0.39 is 23.8 Å². The number of pyridine rings is 1. The Bertz CT molecular complexity index is 1580. The SMILES string of the molecule is C[n+]1c2ccccc2c(C(=O)Oc2c(Br)cc(Br)cc2CCC(=O)ON2C(=O)CCC2=O)c2ccccc21. The number of halogens is 2. The number of hydroxylamine groups is 2. The zero-order chi connectivity index (χ0) is 27.0. The van der Waals surface area contributed by atoms with Gasteiger partial charge in [-0.05, 0) is 52.2 Å². The molecule has 1 aliphatic heterocycles. The van der Waals surface area contributed by atoms with E-state index in [1.807, 2.05) is 60.1 Å². The van der Waals surface area contributed by atoms with Crippen LogP contribution in [0.1, 0.15) is 35.2 Å². The minimum Gasteiger partial charge on any atom is -0.421 e. The molecule has 0 N–H and O–H groups in total. The number of benzene rings is 3. The molecule has 3 aromatic carbocycles. The fourth-order valence-corrected chi connectivity index (χ4v) is 5.94. The van der Waals surface area contributed by atoms with Crippen LogP contribution in [-0.4, -0.2) is 28.8 Å². The Morgan fingerprint density at radius 3 is 2.11 bits per heavy atom. The summed E-state index contributed by atoms with van der Waals surface area (Å²) in [7, 11) is 1.95. The second kappa shape index (κ2) is 10.6. The monoisotopic (exact) mass is 639 g/mol. The van der Waals surface area contributed by atoms with Crippen LogP contribution < -0.4 is 9.30 Å². The molecule has 192 valence electrons. The van der Waals surface area contributed by atoms with Gasteiger partial charge in [-0.3, -0.25) is 9.59 Å². The van der Waals surface area contributed by atoms with Crippen LogP contribution in [0.2, 0.25) is 0 Å². The summed E-state index contributed by atoms with van der Waals surface area (Å²) in [4.78, 5) is 54.7. The number of amides is 2. The van der Waals surface area contributed by atoms with E-state index in [1.165, 1.54) is 0 Å². The van der Waals surface area contributed by atoms with Gasteiger partial charge in [0, 0.05) is 29.4 Å². The number of aryl methyl sites for hydroxylation is 2. The molecule has 5 rings (SSSR count). The van der Waals surface area contributed by atoms with Crippen molar-refractivity contribution >= 4 is 77.4 Å². The van der Waals surface area contributed by atoms with Gasteiger partial charge in [0.1, 0.15) is 12.8 Å². The molecule has 2 amide bonds. The molecule has 4 aromatic rings. The molecule has 38 heavy (non-hydrogen) atoms. The van der Waals surface area contributed by atoms with Crippen molar-refractivity contribution in [2.75, 3.05) is 0 Å². The lowest BCUT2D eigenvalue weighted by molar-refractivity contribution is -0.617. The minimum absolute atomic E-state index is 0.0195. The first-order chi connectivity index (χ1) is 18.2. The molecule has 8 nitrogen and oxygen atoms in total. The Morgan fingerprint density at radius 1 is 0.921 bits per heavy atom. The highest BCUT2D eigenvalue weighted by Crippen LogP contribution is 2.35. The van der Waals surface area contributed by atoms with E-state index in [4.69, 9.17) is 9.57 Å². The second-order valence-electron chi connectivity index (χ2n) is 8.78. The molecule has 0 saturated carbocycles. The molecule has 0 spiro atoms. The van der Waals surface area contributed by atoms with Crippen molar-refractivity contribution in [3.05, 3.63) is 80.7 Å². The first-order valence-electron chi connectivity index (χ1n) is 11.8. The van der Waals surface area contributed by atoms with Crippen LogP contribution in [0.25, 0.3) is 21.8 Å². The second-order valence-corrected chi connectivity index (χ2v) is 10.5. The van der Waals surface area contributed by atoms with Crippen LogP contribution in [0.3, 0.4) is 0 Å². The summed E-state index contributed by atoms with van der Waals surface area (Å²) in [5.74, 6) is -2.11. The minimum atomic E-state index is -0.741. The highest BCUT2D eigenvalue weighted by Gasteiger charge is 2.33. The van der Waals surface area contributed by atoms with Crippen molar-refractivity contribution < 1.29 is 33.3 Å². The predicted octanol–water partition coefficient (Wildman–Crippen LogP) is 5.10. The zero-order valence-electron chi connectivity index (χ0n) is 20.2. The largest absolute Gasteiger partial charge is 0.421 e. The third-order valence-corrected chi connectivity index (χ3v) is 7.40. The van der Waals surface area contributed by atoms with Crippen LogP contribution in [-0.2, 0) is 32.7 Å². The van der Waals surface area contributed by atoms with Crippen LogP contribution >= 0.6 is 31.9 Å². The van der Waals surface area contributed by atoms with Crippen molar-refractivity contribution in [3.8, 4) is 5.75 Å². The fourth-order valence-electron chi connectivity index (χ4n) is 4.55. The summed E-state index contributed by atoms with van der Waals surface area (Å²) in [5, 5.41) is 2.01. The topological polar surface area (TPSA) is 93.9 Å². The summed E-state index contributed by atoms with van der Waals surface area (Å²) < 4.78 is 9.24. The number of fused-ring (bicyclic) bond motifs is 2. The molecule has 1 saturated heterocycles. The average Bonchev–Trinajstić information content (AvgIpc) is 3.21. The van der Waals surface area contributed by atoms with Gasteiger partial charge in [0.25, 0.3) is 11.8 Å². The number of carbonyl (C=O) groups is 4. The number of esters is 1. The van der Waals surface area contributed by atoms with Crippen molar-refractivity contribution in [2.24, 2.45) is 7.05 Å². The smallest absolute Gasteiger partial charge is 0.345 e. The lowest BCUT2D eigenvalue weighted by Gasteiger charge is -2.15. The Kier molecular flexibility index (Phi) is 7.27. The number of hydrogen-bond donors (Lipinski definition) is 0. The van der Waals surface area contributed by atoms with Gasteiger partial charge >= 0.3 is 11.9 Å². The predicted molar refractivity (Wildman–Crippen MR) is 145 cm³/mol. The van der Waals surface area contributed by atoms with E-state index in [0.717, 1.165) is 21.8 Å². The van der Waals surface area contributed by atoms with Crippen LogP contribution in [0.4, 0.5) is 0 Å². The Morgan fingerprint density at radius 2 is 1.50 bits per heavy atom. The average molecular weight is 641 g/mol. The summed E-state index contributed by atoms with van der Waals surface area (Å²) in [6, 6.07) is 18.7. The number of para-hydroxylation sites is 2. The molecule has 0 radical (unpaired) electrons. The number of nitrogens with zero attached hydrogens (tertiary/aromatic N) is 2. The summed E-state index contributed by atoms with van der Waals surface area (Å²) in [6.07, 6.45) is 0.0375. The fraction of sp³-hybridized carbons (Fsp3) is 0.179. The Hall–Kier alpha value is -3.63. The van der Waals surface area contributed by atoms with Crippen molar-refractivity contribution in [1.82, 2.24) is 5.06 Å². The van der Waals surface area contributed by atoms with Gasteiger partial charge in [-0.15, -0.1) is 5.06 Å². The molecule has 10 heteroatoms. The number of ether oxygens (including phenoxy) is 1. The molecular formula is C28H21Br2N2O6+. The van der Waals surface area contributed by atoms with Gasteiger partial charge in [-0.1, -0.05) is 40.2 Å². The third kappa shape index (κ3) is 4.93. The van der Waals surface area contributed by atoms with Gasteiger partial charge in [-0.25, -0.2) is 9.59 Å². The number of aromatic nitrogens is 1. The summed E-state index contributed by atoms with van der Waals surface area (Å²) >= 11 is 6.92. The maximum absolute atomic E-state index is 13.7. The standard InChI is InChI=1S/C28H21Br2N2O6/c1-31-21-8-4-2-6-18(21)26(19-7-3-5-9-22(19)31)28(36)37-27-16(14-17(29)15-20(27)30)10-13-25(35)38-32-23(33)11-12-24(32)34/h2-9,14-15H,10-13H2,1H3/q+1. The summed E-state index contributed by atoms with van der Waals surface area (Å²) in [6.45, 7) is 0. The molecule has 0 atom stereocenters. The molecule has 0 unspecified atom stereocenters. The Labute approximate surface area is 234 Å². The molecule has 0 aliphatic carbocycles. The van der Waals surface area contributed by atoms with Gasteiger partial charge in [-0.2, -0.15) is 4.57 Å². The van der Waals surface area contributed by atoms with Crippen molar-refractivity contribution in [2.45, 2.75) is 25.7 Å². The molecule has 1 aromatic heterocycles. The van der Waals surface area contributed by atoms with Gasteiger partial charge < -0.3 is 9.57 Å². The lowest BCUT2D eigenvalue weighted by atomic mass is 10.0. The number of rotatable bonds is 6. The summed E-state index contributed by atoms with van der Waals surface area (Å²) in [5.41, 5.74) is 2.75. The van der Waals surface area contributed by atoms with Gasteiger partial charge in [0.05, 0.1) is 27.2 Å². The highest BCUT2D eigenvalue weighted by molar-refractivity contribution is 9.11. The van der Waals surface area contributed by atoms with E-state index in [-0.39, 0.29) is 31.4 Å². The molecule has 1 aliphatic rings. The highest BCUT2D eigenvalue weighted by atomic mass is 79.9. The van der Waals surface area contributed by atoms with E-state index >= 15 is 0 Å². The molecule has 2 heterocycles. The van der Waals surface area contributed by atoms with Crippen LogP contribution in [0, 0.1) is 0 Å². The molecular weight excluding hydrogens is 620 g/mol. The van der Waals surface area contributed by atoms with E-state index in [2.05, 4.69) is 31.9 Å². The van der Waals surface area contributed by atoms with E-state index in [1.54, 1.807) is 12.1 Å². The van der Waals surface area contributed by atoms with E-state index in [0.29, 0.717) is 25.1 Å². The Balaban J connectivity index is 1.46. The molecule has 1 fully saturated rings. The first-order valence-corrected chi connectivity index (χ1v) is 13.4. The van der Waals surface area contributed by atoms with Crippen molar-refractivity contribution in [1.29, 1.82) is 0 Å². The van der Waals surface area contributed by atoms with Crippen LogP contribution in [0.5, 0.6) is 5.75 Å². The maximum Gasteiger partial charge on any atom is 0.345 e. The number of carbonyl (C=O) groups excluding carboxylic acids is 4. The zero-order valence-corrected chi connectivity index (χ0v) is 23.4. The quantitative estimate of drug-likeness (QED) is 0.0957. The first kappa shape index (κ1) is 26.0. The van der Waals surface area contributed by atoms with Crippen LogP contribution in [0.15, 0.2) is 69.6 Å². The molecule has 0 bridgehead atoms. The van der Waals surface area contributed by atoms with E-state index in [9.17, 15) is 19.2 Å². The lowest BCUT2D eigenvalue weighted by Crippen LogP contribution is -2.32. The van der Waals surface area contributed by atoms with Crippen molar-refractivity contribution in [3.63, 3.8) is 0 Å². The normalized spacial score (nSPS) is 13.4. The van der Waals surface area contributed by atoms with Gasteiger partial charge in [0.15, 0.2) is 0 Å². The van der Waals surface area contributed by atoms with Gasteiger partial charge in [0.2, 0.25) is 11.0 Å². The maximum atomic E-state index is 13.7. The number of imide groups is 1. The number of hydrogen-bond acceptors (Lipinski definition) is 6.